The number of halogens is 1. The molecular weight excluding hydrogens is 464 g/mol. The number of para-hydroxylation sites is 2. The molecule has 0 aliphatic carbocycles. The van der Waals surface area contributed by atoms with Gasteiger partial charge in [-0.15, -0.1) is 0 Å². The van der Waals surface area contributed by atoms with Crippen LogP contribution in [-0.4, -0.2) is 41.1 Å². The first-order valence-corrected chi connectivity index (χ1v) is 12.0. The molecule has 9 heteroatoms. The van der Waals surface area contributed by atoms with Crippen LogP contribution in [0.3, 0.4) is 0 Å². The highest BCUT2D eigenvalue weighted by Gasteiger charge is 2.27. The van der Waals surface area contributed by atoms with Crippen LogP contribution in [0.4, 0.5) is 5.69 Å². The first kappa shape index (κ1) is 24.4. The van der Waals surface area contributed by atoms with Gasteiger partial charge in [-0.05, 0) is 49.4 Å². The topological polar surface area (TPSA) is 84.9 Å². The molecule has 0 fully saturated rings. The fourth-order valence-electron chi connectivity index (χ4n) is 3.06. The summed E-state index contributed by atoms with van der Waals surface area (Å²) in [5.74, 6) is 0.659. The van der Waals surface area contributed by atoms with E-state index in [2.05, 4.69) is 5.32 Å². The van der Waals surface area contributed by atoms with Crippen molar-refractivity contribution in [3.63, 3.8) is 0 Å². The van der Waals surface area contributed by atoms with Crippen molar-refractivity contribution in [2.24, 2.45) is 0 Å². The summed E-state index contributed by atoms with van der Waals surface area (Å²) in [7, 11) is -2.45. The Kier molecular flexibility index (Phi) is 8.19. The van der Waals surface area contributed by atoms with E-state index in [4.69, 9.17) is 21.1 Å². The molecule has 33 heavy (non-hydrogen) atoms. The number of carbonyl (C=O) groups is 1. The quantitative estimate of drug-likeness (QED) is 0.435. The Morgan fingerprint density at radius 1 is 1.00 bits per heavy atom. The van der Waals surface area contributed by atoms with E-state index in [1.807, 2.05) is 19.1 Å². The first-order chi connectivity index (χ1) is 15.8. The minimum absolute atomic E-state index is 0.0837. The van der Waals surface area contributed by atoms with Crippen LogP contribution in [0, 0.1) is 6.92 Å². The summed E-state index contributed by atoms with van der Waals surface area (Å²) < 4.78 is 38.6. The Labute approximate surface area is 198 Å². The maximum atomic E-state index is 13.3. The van der Waals surface area contributed by atoms with Gasteiger partial charge in [-0.25, -0.2) is 8.42 Å². The molecule has 0 saturated carbocycles. The monoisotopic (exact) mass is 488 g/mol. The number of hydrogen-bond acceptors (Lipinski definition) is 5. The summed E-state index contributed by atoms with van der Waals surface area (Å²) in [6.07, 6.45) is 0. The average Bonchev–Trinajstić information content (AvgIpc) is 2.80. The van der Waals surface area contributed by atoms with Gasteiger partial charge < -0.3 is 14.8 Å². The number of aryl methyl sites for hydroxylation is 1. The minimum Gasteiger partial charge on any atom is -0.493 e. The van der Waals surface area contributed by atoms with Gasteiger partial charge in [0.05, 0.1) is 24.2 Å². The number of methoxy groups -OCH3 is 1. The van der Waals surface area contributed by atoms with Crippen molar-refractivity contribution in [1.82, 2.24) is 5.32 Å². The number of ether oxygens (including phenoxy) is 2. The molecule has 0 spiro atoms. The van der Waals surface area contributed by atoms with Crippen LogP contribution < -0.4 is 19.1 Å². The zero-order valence-electron chi connectivity index (χ0n) is 18.3. The van der Waals surface area contributed by atoms with Crippen LogP contribution in [0.5, 0.6) is 11.5 Å². The molecule has 0 aromatic heterocycles. The minimum atomic E-state index is -4.00. The van der Waals surface area contributed by atoms with Crippen molar-refractivity contribution in [2.75, 3.05) is 31.1 Å². The summed E-state index contributed by atoms with van der Waals surface area (Å²) in [6.45, 7) is 1.83. The molecule has 3 aromatic carbocycles. The van der Waals surface area contributed by atoms with E-state index in [1.165, 1.54) is 18.2 Å². The molecule has 1 N–H and O–H groups in total. The highest BCUT2D eigenvalue weighted by molar-refractivity contribution is 7.92. The van der Waals surface area contributed by atoms with E-state index in [-0.39, 0.29) is 18.0 Å². The van der Waals surface area contributed by atoms with Gasteiger partial charge in [0.2, 0.25) is 5.91 Å². The second-order valence-corrected chi connectivity index (χ2v) is 9.45. The van der Waals surface area contributed by atoms with Crippen molar-refractivity contribution in [3.8, 4) is 11.5 Å². The number of anilines is 1. The molecule has 3 aromatic rings. The molecule has 0 atom stereocenters. The lowest BCUT2D eigenvalue weighted by atomic mass is 10.2. The second kappa shape index (κ2) is 11.1. The lowest BCUT2D eigenvalue weighted by Gasteiger charge is -2.24. The Bertz CT molecular complexity index is 1200. The predicted octanol–water partition coefficient (Wildman–Crippen LogP) is 4.05. The number of rotatable bonds is 10. The van der Waals surface area contributed by atoms with E-state index in [0.29, 0.717) is 22.2 Å². The molecule has 7 nitrogen and oxygen atoms in total. The highest BCUT2D eigenvalue weighted by Crippen LogP contribution is 2.27. The van der Waals surface area contributed by atoms with Gasteiger partial charge in [-0.1, -0.05) is 47.5 Å². The summed E-state index contributed by atoms with van der Waals surface area (Å²) >= 11 is 6.08. The van der Waals surface area contributed by atoms with Crippen LogP contribution in [0.15, 0.2) is 77.7 Å². The molecule has 0 aliphatic heterocycles. The van der Waals surface area contributed by atoms with E-state index in [9.17, 15) is 13.2 Å². The third-order valence-corrected chi connectivity index (χ3v) is 6.77. The molecule has 0 bridgehead atoms. The summed E-state index contributed by atoms with van der Waals surface area (Å²) in [4.78, 5) is 12.7. The van der Waals surface area contributed by atoms with E-state index < -0.39 is 22.5 Å². The van der Waals surface area contributed by atoms with Gasteiger partial charge in [0, 0.05) is 5.02 Å². The van der Waals surface area contributed by atoms with E-state index in [0.717, 1.165) is 9.87 Å². The van der Waals surface area contributed by atoms with Gasteiger partial charge >= 0.3 is 0 Å². The summed E-state index contributed by atoms with van der Waals surface area (Å²) in [5.41, 5.74) is 1.22. The van der Waals surface area contributed by atoms with Crippen molar-refractivity contribution in [3.05, 3.63) is 83.4 Å². The maximum Gasteiger partial charge on any atom is 0.264 e. The molecule has 0 saturated heterocycles. The van der Waals surface area contributed by atoms with Crippen LogP contribution >= 0.6 is 11.6 Å². The number of sulfonamides is 1. The molecular formula is C24H25ClN2O5S. The van der Waals surface area contributed by atoms with Crippen LogP contribution in [0.1, 0.15) is 5.56 Å². The fraction of sp³-hybridized carbons (Fsp3) is 0.208. The molecule has 3 rings (SSSR count). The first-order valence-electron chi connectivity index (χ1n) is 10.2. The largest absolute Gasteiger partial charge is 0.493 e. The zero-order chi connectivity index (χ0) is 23.8. The van der Waals surface area contributed by atoms with Gasteiger partial charge in [-0.3, -0.25) is 9.10 Å². The molecule has 0 unspecified atom stereocenters. The summed E-state index contributed by atoms with van der Waals surface area (Å²) in [6, 6.07) is 20.0. The number of nitrogens with zero attached hydrogens (tertiary/aromatic N) is 1. The maximum absolute atomic E-state index is 13.3. The van der Waals surface area contributed by atoms with Gasteiger partial charge in [0.15, 0.2) is 11.5 Å². The Balaban J connectivity index is 1.71. The standard InChI is InChI=1S/C24H25ClN2O5S/c1-18-10-12-21(13-11-18)33(29,30)27(20-7-5-6-19(25)16-20)17-24(28)26-14-15-32-23-9-4-3-8-22(23)31-2/h3-13,16H,14-15,17H2,1-2H3,(H,26,28). The van der Waals surface area contributed by atoms with Crippen LogP contribution in [-0.2, 0) is 14.8 Å². The van der Waals surface area contributed by atoms with Gasteiger partial charge in [0.25, 0.3) is 10.0 Å². The molecule has 1 amide bonds. The van der Waals surface area contributed by atoms with Crippen molar-refractivity contribution < 1.29 is 22.7 Å². The van der Waals surface area contributed by atoms with Gasteiger partial charge in [0.1, 0.15) is 13.2 Å². The average molecular weight is 489 g/mol. The van der Waals surface area contributed by atoms with Crippen molar-refractivity contribution >= 4 is 33.2 Å². The lowest BCUT2D eigenvalue weighted by molar-refractivity contribution is -0.119. The van der Waals surface area contributed by atoms with Crippen LogP contribution in [0.25, 0.3) is 0 Å². The number of benzene rings is 3. The summed E-state index contributed by atoms with van der Waals surface area (Å²) in [5, 5.41) is 3.06. The molecule has 174 valence electrons. The number of hydrogen-bond donors (Lipinski definition) is 1. The van der Waals surface area contributed by atoms with Crippen molar-refractivity contribution in [1.29, 1.82) is 0 Å². The molecule has 0 radical (unpaired) electrons. The van der Waals surface area contributed by atoms with Gasteiger partial charge in [-0.2, -0.15) is 0 Å². The smallest absolute Gasteiger partial charge is 0.264 e. The Morgan fingerprint density at radius 2 is 1.70 bits per heavy atom. The molecule has 0 heterocycles. The Morgan fingerprint density at radius 3 is 2.36 bits per heavy atom. The third kappa shape index (κ3) is 6.40. The van der Waals surface area contributed by atoms with Crippen LogP contribution in [0.2, 0.25) is 5.02 Å². The predicted molar refractivity (Wildman–Crippen MR) is 129 cm³/mol. The number of nitrogens with one attached hydrogen (secondary N) is 1. The van der Waals surface area contributed by atoms with Crippen molar-refractivity contribution in [2.45, 2.75) is 11.8 Å². The second-order valence-electron chi connectivity index (χ2n) is 7.15. The number of carbonyl (C=O) groups excluding carboxylic acids is 1. The van der Waals surface area contributed by atoms with E-state index >= 15 is 0 Å². The zero-order valence-corrected chi connectivity index (χ0v) is 19.9. The number of amides is 1. The lowest BCUT2D eigenvalue weighted by Crippen LogP contribution is -2.41. The SMILES string of the molecule is COc1ccccc1OCCNC(=O)CN(c1cccc(Cl)c1)S(=O)(=O)c1ccc(C)cc1. The highest BCUT2D eigenvalue weighted by atomic mass is 35.5. The Hall–Kier alpha value is -3.23. The third-order valence-electron chi connectivity index (χ3n) is 4.74. The van der Waals surface area contributed by atoms with E-state index in [1.54, 1.807) is 49.6 Å². The molecule has 0 aliphatic rings. The fourth-order valence-corrected chi connectivity index (χ4v) is 4.66. The normalized spacial score (nSPS) is 11.0.